The van der Waals surface area contributed by atoms with Gasteiger partial charge in [-0.3, -0.25) is 0 Å². The van der Waals surface area contributed by atoms with Crippen molar-refractivity contribution in [2.75, 3.05) is 10.6 Å². The lowest BCUT2D eigenvalue weighted by Gasteiger charge is -2.30. The second-order valence-corrected chi connectivity index (χ2v) is 5.73. The topological polar surface area (TPSA) is 24.1 Å². The number of rotatable bonds is 2. The third-order valence-electron chi connectivity index (χ3n) is 4.15. The van der Waals surface area contributed by atoms with Gasteiger partial charge in [-0.25, -0.2) is 0 Å². The number of nitrogens with one attached hydrogen (secondary N) is 2. The molecule has 0 unspecified atom stereocenters. The standard InChI is InChI=1S/C20H18N2/c1-14(13-15-7-3-2-4-8-15)20-21-17-11-5-9-16-10-6-12-18(22-20)19(16)17/h2-13,20-22H,1H3/b14-13-. The Hall–Kier alpha value is -2.74. The molecule has 2 heteroatoms. The van der Waals surface area contributed by atoms with E-state index in [1.165, 1.54) is 33.3 Å². The van der Waals surface area contributed by atoms with Gasteiger partial charge in [0, 0.05) is 16.8 Å². The molecule has 4 rings (SSSR count). The summed E-state index contributed by atoms with van der Waals surface area (Å²) < 4.78 is 0. The van der Waals surface area contributed by atoms with Gasteiger partial charge in [-0.1, -0.05) is 60.7 Å². The fourth-order valence-corrected chi connectivity index (χ4v) is 3.05. The Balaban J connectivity index is 1.71. The van der Waals surface area contributed by atoms with Gasteiger partial charge in [-0.2, -0.15) is 0 Å². The number of benzene rings is 3. The van der Waals surface area contributed by atoms with E-state index in [2.05, 4.69) is 84.3 Å². The molecule has 0 atom stereocenters. The van der Waals surface area contributed by atoms with Crippen molar-refractivity contribution in [3.05, 3.63) is 77.9 Å². The van der Waals surface area contributed by atoms with Crippen LogP contribution in [0.2, 0.25) is 0 Å². The van der Waals surface area contributed by atoms with Gasteiger partial charge >= 0.3 is 0 Å². The molecular formula is C20H18N2. The molecule has 0 amide bonds. The smallest absolute Gasteiger partial charge is 0.119 e. The second kappa shape index (κ2) is 5.23. The fraction of sp³-hybridized carbons (Fsp3) is 0.100. The zero-order chi connectivity index (χ0) is 14.9. The molecule has 108 valence electrons. The van der Waals surface area contributed by atoms with Gasteiger partial charge in [-0.15, -0.1) is 0 Å². The lowest BCUT2D eigenvalue weighted by atomic mass is 10.0. The highest BCUT2D eigenvalue weighted by atomic mass is 15.1. The van der Waals surface area contributed by atoms with E-state index in [0.717, 1.165) is 0 Å². The van der Waals surface area contributed by atoms with Gasteiger partial charge in [-0.05, 0) is 35.6 Å². The Kier molecular flexibility index (Phi) is 3.08. The Morgan fingerprint density at radius 2 is 1.45 bits per heavy atom. The number of anilines is 2. The Morgan fingerprint density at radius 1 is 0.818 bits per heavy atom. The van der Waals surface area contributed by atoms with Crippen molar-refractivity contribution in [1.29, 1.82) is 0 Å². The van der Waals surface area contributed by atoms with Crippen LogP contribution in [-0.2, 0) is 0 Å². The molecule has 0 radical (unpaired) electrons. The maximum absolute atomic E-state index is 3.60. The molecule has 0 saturated carbocycles. The summed E-state index contributed by atoms with van der Waals surface area (Å²) in [4.78, 5) is 0. The SMILES string of the molecule is C/C(=C/c1ccccc1)C1Nc2cccc3cccc(c23)N1. The highest BCUT2D eigenvalue weighted by molar-refractivity contribution is 6.05. The van der Waals surface area contributed by atoms with Crippen molar-refractivity contribution >= 4 is 28.2 Å². The Morgan fingerprint density at radius 3 is 2.09 bits per heavy atom. The molecule has 3 aromatic rings. The van der Waals surface area contributed by atoms with E-state index in [4.69, 9.17) is 0 Å². The maximum atomic E-state index is 3.60. The highest BCUT2D eigenvalue weighted by Crippen LogP contribution is 2.35. The van der Waals surface area contributed by atoms with Crippen molar-refractivity contribution in [1.82, 2.24) is 0 Å². The Labute approximate surface area is 130 Å². The van der Waals surface area contributed by atoms with Crippen LogP contribution in [0.5, 0.6) is 0 Å². The third kappa shape index (κ3) is 2.23. The van der Waals surface area contributed by atoms with Gasteiger partial charge in [0.1, 0.15) is 6.17 Å². The minimum atomic E-state index is 0.112. The maximum Gasteiger partial charge on any atom is 0.119 e. The first kappa shape index (κ1) is 13.0. The first-order chi connectivity index (χ1) is 10.8. The van der Waals surface area contributed by atoms with Crippen molar-refractivity contribution in [3.63, 3.8) is 0 Å². The van der Waals surface area contributed by atoms with E-state index in [9.17, 15) is 0 Å². The molecule has 1 aliphatic rings. The summed E-state index contributed by atoms with van der Waals surface area (Å²) in [5.74, 6) is 0. The molecule has 0 saturated heterocycles. The second-order valence-electron chi connectivity index (χ2n) is 5.73. The predicted molar refractivity (Wildman–Crippen MR) is 95.1 cm³/mol. The van der Waals surface area contributed by atoms with E-state index in [1.54, 1.807) is 0 Å². The summed E-state index contributed by atoms with van der Waals surface area (Å²) in [5.41, 5.74) is 4.87. The molecule has 3 aromatic carbocycles. The average Bonchev–Trinajstić information content (AvgIpc) is 2.56. The van der Waals surface area contributed by atoms with Crippen LogP contribution in [0.3, 0.4) is 0 Å². The molecule has 0 bridgehead atoms. The van der Waals surface area contributed by atoms with Gasteiger partial charge in [0.15, 0.2) is 0 Å². The summed E-state index contributed by atoms with van der Waals surface area (Å²) in [6.07, 6.45) is 2.33. The van der Waals surface area contributed by atoms with Crippen LogP contribution in [0, 0.1) is 0 Å². The van der Waals surface area contributed by atoms with E-state index >= 15 is 0 Å². The summed E-state index contributed by atoms with van der Waals surface area (Å²) in [6, 6.07) is 23.2. The van der Waals surface area contributed by atoms with Crippen LogP contribution in [0.15, 0.2) is 72.3 Å². The van der Waals surface area contributed by atoms with Crippen LogP contribution in [0.25, 0.3) is 16.8 Å². The van der Waals surface area contributed by atoms with E-state index in [0.29, 0.717) is 0 Å². The quantitative estimate of drug-likeness (QED) is 0.684. The van der Waals surface area contributed by atoms with Crippen molar-refractivity contribution < 1.29 is 0 Å². The minimum absolute atomic E-state index is 0.112. The molecule has 0 fully saturated rings. The van der Waals surface area contributed by atoms with Crippen LogP contribution < -0.4 is 10.6 Å². The van der Waals surface area contributed by atoms with Gasteiger partial charge < -0.3 is 10.6 Å². The van der Waals surface area contributed by atoms with Gasteiger partial charge in [0.25, 0.3) is 0 Å². The molecule has 0 aliphatic carbocycles. The molecule has 0 aromatic heterocycles. The van der Waals surface area contributed by atoms with E-state index < -0.39 is 0 Å². The first-order valence-electron chi connectivity index (χ1n) is 7.59. The summed E-state index contributed by atoms with van der Waals surface area (Å²) in [5, 5.41) is 9.74. The predicted octanol–water partition coefficient (Wildman–Crippen LogP) is 5.11. The van der Waals surface area contributed by atoms with Crippen molar-refractivity contribution in [2.24, 2.45) is 0 Å². The average molecular weight is 286 g/mol. The van der Waals surface area contributed by atoms with Gasteiger partial charge in [0.05, 0.1) is 0 Å². The zero-order valence-corrected chi connectivity index (χ0v) is 12.5. The Bertz CT molecular complexity index is 809. The molecule has 1 heterocycles. The monoisotopic (exact) mass is 286 g/mol. The normalized spacial score (nSPS) is 14.5. The van der Waals surface area contributed by atoms with Crippen LogP contribution in [0.1, 0.15) is 12.5 Å². The highest BCUT2D eigenvalue weighted by Gasteiger charge is 2.19. The van der Waals surface area contributed by atoms with Crippen molar-refractivity contribution in [2.45, 2.75) is 13.1 Å². The van der Waals surface area contributed by atoms with Crippen LogP contribution >= 0.6 is 0 Å². The molecule has 2 N–H and O–H groups in total. The van der Waals surface area contributed by atoms with Crippen LogP contribution in [0.4, 0.5) is 11.4 Å². The number of hydrogen-bond donors (Lipinski definition) is 2. The lowest BCUT2D eigenvalue weighted by molar-refractivity contribution is 0.942. The van der Waals surface area contributed by atoms with Gasteiger partial charge in [0.2, 0.25) is 0 Å². The molecule has 0 spiro atoms. The summed E-state index contributed by atoms with van der Waals surface area (Å²) >= 11 is 0. The molecule has 1 aliphatic heterocycles. The molecular weight excluding hydrogens is 268 g/mol. The fourth-order valence-electron chi connectivity index (χ4n) is 3.05. The summed E-state index contributed by atoms with van der Waals surface area (Å²) in [6.45, 7) is 2.16. The first-order valence-corrected chi connectivity index (χ1v) is 7.59. The summed E-state index contributed by atoms with van der Waals surface area (Å²) in [7, 11) is 0. The molecule has 2 nitrogen and oxygen atoms in total. The zero-order valence-electron chi connectivity index (χ0n) is 12.5. The third-order valence-corrected chi connectivity index (χ3v) is 4.15. The number of hydrogen-bond acceptors (Lipinski definition) is 2. The largest absolute Gasteiger partial charge is 0.361 e. The lowest BCUT2D eigenvalue weighted by Crippen LogP contribution is -2.32. The molecule has 22 heavy (non-hydrogen) atoms. The van der Waals surface area contributed by atoms with E-state index in [-0.39, 0.29) is 6.17 Å². The van der Waals surface area contributed by atoms with Crippen molar-refractivity contribution in [3.8, 4) is 0 Å². The van der Waals surface area contributed by atoms with E-state index in [1.807, 2.05) is 6.07 Å². The minimum Gasteiger partial charge on any atom is -0.361 e. The van der Waals surface area contributed by atoms with Crippen LogP contribution in [-0.4, -0.2) is 6.17 Å².